The van der Waals surface area contributed by atoms with Crippen LogP contribution in [0.4, 0.5) is 20.7 Å². The summed E-state index contributed by atoms with van der Waals surface area (Å²) in [5.41, 5.74) is 2.66. The molecule has 4 aromatic rings. The summed E-state index contributed by atoms with van der Waals surface area (Å²) in [6.07, 6.45) is -0.117. The quantitative estimate of drug-likeness (QED) is 0.292. The molecule has 0 aliphatic heterocycles. The van der Waals surface area contributed by atoms with Crippen molar-refractivity contribution in [3.63, 3.8) is 0 Å². The number of hydrogen-bond donors (Lipinski definition) is 3. The molecule has 0 fully saturated rings. The van der Waals surface area contributed by atoms with Crippen LogP contribution in [-0.2, 0) is 11.2 Å². The average molecular weight is 499 g/mol. The van der Waals surface area contributed by atoms with Crippen LogP contribution in [0, 0.1) is 5.82 Å². The fourth-order valence-electron chi connectivity index (χ4n) is 3.23. The molecular formula is C24H17Cl2FN4O3. The molecule has 0 aliphatic carbocycles. The van der Waals surface area contributed by atoms with E-state index in [1.807, 2.05) is 0 Å². The molecule has 172 valence electrons. The minimum absolute atomic E-state index is 0.117. The predicted molar refractivity (Wildman–Crippen MR) is 129 cm³/mol. The van der Waals surface area contributed by atoms with Gasteiger partial charge in [-0.25, -0.2) is 13.9 Å². The zero-order valence-electron chi connectivity index (χ0n) is 17.4. The van der Waals surface area contributed by atoms with E-state index in [4.69, 9.17) is 28.3 Å². The van der Waals surface area contributed by atoms with Crippen LogP contribution < -0.4 is 10.6 Å². The van der Waals surface area contributed by atoms with E-state index in [-0.39, 0.29) is 17.3 Å². The van der Waals surface area contributed by atoms with Crippen LogP contribution in [0.25, 0.3) is 16.9 Å². The Balaban J connectivity index is 1.66. The van der Waals surface area contributed by atoms with E-state index in [1.54, 1.807) is 60.7 Å². The summed E-state index contributed by atoms with van der Waals surface area (Å²) in [5.74, 6) is -1.00. The van der Waals surface area contributed by atoms with Gasteiger partial charge in [-0.1, -0.05) is 41.4 Å². The molecule has 4 rings (SSSR count). The van der Waals surface area contributed by atoms with Crippen LogP contribution in [0.3, 0.4) is 0 Å². The lowest BCUT2D eigenvalue weighted by molar-refractivity contribution is -0.136. The largest absolute Gasteiger partial charge is 0.481 e. The van der Waals surface area contributed by atoms with Crippen LogP contribution >= 0.6 is 23.2 Å². The fourth-order valence-corrected chi connectivity index (χ4v) is 3.58. The summed E-state index contributed by atoms with van der Waals surface area (Å²) in [7, 11) is 0. The number of nitrogens with zero attached hydrogens (tertiary/aromatic N) is 2. The number of amides is 2. The first-order valence-electron chi connectivity index (χ1n) is 9.99. The van der Waals surface area contributed by atoms with Gasteiger partial charge in [-0.3, -0.25) is 10.1 Å². The van der Waals surface area contributed by atoms with E-state index in [2.05, 4.69) is 15.7 Å². The Morgan fingerprint density at radius 2 is 1.68 bits per heavy atom. The van der Waals surface area contributed by atoms with Gasteiger partial charge in [0.1, 0.15) is 11.6 Å². The van der Waals surface area contributed by atoms with Gasteiger partial charge < -0.3 is 10.4 Å². The van der Waals surface area contributed by atoms with Crippen molar-refractivity contribution in [3.8, 4) is 16.9 Å². The number of carboxylic acid groups (broad SMARTS) is 1. The Labute approximate surface area is 203 Å². The molecule has 0 unspecified atom stereocenters. The van der Waals surface area contributed by atoms with Crippen LogP contribution in [-0.4, -0.2) is 26.9 Å². The zero-order chi connectivity index (χ0) is 24.2. The van der Waals surface area contributed by atoms with Crippen LogP contribution in [0.5, 0.6) is 0 Å². The van der Waals surface area contributed by atoms with Gasteiger partial charge >= 0.3 is 12.0 Å². The van der Waals surface area contributed by atoms with Crippen molar-refractivity contribution in [2.24, 2.45) is 0 Å². The summed E-state index contributed by atoms with van der Waals surface area (Å²) in [4.78, 5) is 23.7. The average Bonchev–Trinajstić information content (AvgIpc) is 3.21. The molecule has 0 bridgehead atoms. The lowest BCUT2D eigenvalue weighted by atomic mass is 10.1. The van der Waals surface area contributed by atoms with Gasteiger partial charge in [0.25, 0.3) is 0 Å². The number of carboxylic acids is 1. The molecule has 0 saturated carbocycles. The number of halogens is 3. The van der Waals surface area contributed by atoms with Crippen molar-refractivity contribution in [2.45, 2.75) is 6.42 Å². The minimum Gasteiger partial charge on any atom is -0.481 e. The predicted octanol–water partition coefficient (Wildman–Crippen LogP) is 6.26. The van der Waals surface area contributed by atoms with Crippen molar-refractivity contribution < 1.29 is 19.1 Å². The van der Waals surface area contributed by atoms with Crippen molar-refractivity contribution in [1.82, 2.24) is 9.78 Å². The second-order valence-electron chi connectivity index (χ2n) is 7.25. The van der Waals surface area contributed by atoms with Gasteiger partial charge in [0.05, 0.1) is 33.5 Å². The van der Waals surface area contributed by atoms with Gasteiger partial charge in [-0.2, -0.15) is 5.10 Å². The molecule has 7 nitrogen and oxygen atoms in total. The number of anilines is 2. The molecule has 0 aliphatic rings. The summed E-state index contributed by atoms with van der Waals surface area (Å²) in [6.45, 7) is 0. The van der Waals surface area contributed by atoms with Crippen LogP contribution in [0.2, 0.25) is 10.0 Å². The topological polar surface area (TPSA) is 96.2 Å². The van der Waals surface area contributed by atoms with Gasteiger partial charge in [0, 0.05) is 11.6 Å². The van der Waals surface area contributed by atoms with Crippen molar-refractivity contribution in [1.29, 1.82) is 0 Å². The molecule has 10 heteroatoms. The SMILES string of the molecule is O=C(O)Cc1ccc(-n2nc(-c3ccc(F)cc3)cc2NC(=O)Nc2cccc(Cl)c2Cl)cc1. The molecule has 0 saturated heterocycles. The first-order chi connectivity index (χ1) is 16.3. The Morgan fingerprint density at radius 1 is 0.971 bits per heavy atom. The van der Waals surface area contributed by atoms with E-state index in [9.17, 15) is 14.0 Å². The van der Waals surface area contributed by atoms with Crippen molar-refractivity contribution in [3.05, 3.63) is 94.2 Å². The number of urea groups is 1. The van der Waals surface area contributed by atoms with Crippen molar-refractivity contribution >= 4 is 46.7 Å². The molecule has 1 aromatic heterocycles. The third kappa shape index (κ3) is 5.36. The molecule has 3 N–H and O–H groups in total. The fraction of sp³-hybridized carbons (Fsp3) is 0.0417. The highest BCUT2D eigenvalue weighted by molar-refractivity contribution is 6.44. The van der Waals surface area contributed by atoms with E-state index in [1.165, 1.54) is 16.8 Å². The number of carbonyl (C=O) groups excluding carboxylic acids is 1. The third-order valence-corrected chi connectivity index (χ3v) is 5.65. The standard InChI is InChI=1S/C24H17Cl2FN4O3/c25-18-2-1-3-19(23(18)26)28-24(34)29-21-13-20(15-6-8-16(27)9-7-15)30-31(21)17-10-4-14(5-11-17)12-22(32)33/h1-11,13H,12H2,(H,32,33)(H2,28,29,34). The number of rotatable bonds is 6. The lowest BCUT2D eigenvalue weighted by Gasteiger charge is -2.11. The number of carbonyl (C=O) groups is 2. The van der Waals surface area contributed by atoms with Crippen LogP contribution in [0.15, 0.2) is 72.8 Å². The molecule has 1 heterocycles. The number of benzene rings is 3. The number of aliphatic carboxylic acids is 1. The first kappa shape index (κ1) is 23.3. The van der Waals surface area contributed by atoms with Gasteiger partial charge in [-0.15, -0.1) is 0 Å². The Kier molecular flexibility index (Phi) is 6.81. The van der Waals surface area contributed by atoms with E-state index >= 15 is 0 Å². The Morgan fingerprint density at radius 3 is 2.35 bits per heavy atom. The number of hydrogen-bond acceptors (Lipinski definition) is 3. The first-order valence-corrected chi connectivity index (χ1v) is 10.7. The Bertz CT molecular complexity index is 1360. The van der Waals surface area contributed by atoms with Gasteiger partial charge in [0.2, 0.25) is 0 Å². The Hall–Kier alpha value is -3.88. The zero-order valence-corrected chi connectivity index (χ0v) is 18.9. The molecule has 0 atom stereocenters. The molecule has 0 spiro atoms. The second kappa shape index (κ2) is 9.94. The highest BCUT2D eigenvalue weighted by Gasteiger charge is 2.16. The van der Waals surface area contributed by atoms with Crippen LogP contribution in [0.1, 0.15) is 5.56 Å². The highest BCUT2D eigenvalue weighted by Crippen LogP contribution is 2.30. The monoisotopic (exact) mass is 498 g/mol. The maximum Gasteiger partial charge on any atom is 0.324 e. The van der Waals surface area contributed by atoms with Crippen molar-refractivity contribution in [2.75, 3.05) is 10.6 Å². The number of nitrogens with one attached hydrogen (secondary N) is 2. The van der Waals surface area contributed by atoms with Gasteiger partial charge in [-0.05, 0) is 54.1 Å². The lowest BCUT2D eigenvalue weighted by Crippen LogP contribution is -2.21. The summed E-state index contributed by atoms with van der Waals surface area (Å²) >= 11 is 12.2. The molecular weight excluding hydrogens is 482 g/mol. The molecule has 3 aromatic carbocycles. The number of aromatic nitrogens is 2. The smallest absolute Gasteiger partial charge is 0.324 e. The third-order valence-electron chi connectivity index (χ3n) is 4.83. The highest BCUT2D eigenvalue weighted by atomic mass is 35.5. The van der Waals surface area contributed by atoms with Gasteiger partial charge in [0.15, 0.2) is 0 Å². The summed E-state index contributed by atoms with van der Waals surface area (Å²) in [6, 6.07) is 18.4. The molecule has 0 radical (unpaired) electrons. The molecule has 34 heavy (non-hydrogen) atoms. The molecule has 2 amide bonds. The summed E-state index contributed by atoms with van der Waals surface area (Å²) < 4.78 is 14.9. The summed E-state index contributed by atoms with van der Waals surface area (Å²) in [5, 5.41) is 19.4. The minimum atomic E-state index is -0.941. The van der Waals surface area contributed by atoms with E-state index in [0.29, 0.717) is 39.0 Å². The maximum absolute atomic E-state index is 13.4. The van der Waals surface area contributed by atoms with E-state index < -0.39 is 12.0 Å². The van der Waals surface area contributed by atoms with E-state index in [0.717, 1.165) is 0 Å². The normalized spacial score (nSPS) is 10.7. The second-order valence-corrected chi connectivity index (χ2v) is 8.04. The maximum atomic E-state index is 13.4.